The molecular formula is C40H59N3O4. The summed E-state index contributed by atoms with van der Waals surface area (Å²) in [5, 5.41) is 15.7. The van der Waals surface area contributed by atoms with Crippen molar-refractivity contribution in [3.8, 4) is 0 Å². The van der Waals surface area contributed by atoms with Gasteiger partial charge in [0.1, 0.15) is 0 Å². The van der Waals surface area contributed by atoms with Gasteiger partial charge in [0.25, 0.3) is 0 Å². The number of aromatic carboxylic acids is 1. The molecule has 4 fully saturated rings. The quantitative estimate of drug-likeness (QED) is 0.281. The summed E-state index contributed by atoms with van der Waals surface area (Å²) in [6, 6.07) is 7.29. The molecule has 4 saturated carbocycles. The first-order chi connectivity index (χ1) is 22.2. The Morgan fingerprint density at radius 3 is 2.26 bits per heavy atom. The van der Waals surface area contributed by atoms with Crippen LogP contribution in [0, 0.1) is 45.8 Å². The van der Waals surface area contributed by atoms with Crippen LogP contribution in [0.25, 0.3) is 5.57 Å². The molecule has 0 aliphatic heterocycles. The van der Waals surface area contributed by atoms with E-state index in [0.29, 0.717) is 35.2 Å². The molecule has 0 saturated heterocycles. The van der Waals surface area contributed by atoms with Crippen molar-refractivity contribution in [2.75, 3.05) is 20.6 Å². The molecule has 0 bridgehead atoms. The van der Waals surface area contributed by atoms with Crippen LogP contribution in [0.4, 0.5) is 4.79 Å². The smallest absolute Gasteiger partial charge is 0.335 e. The van der Waals surface area contributed by atoms with Crippen LogP contribution < -0.4 is 10.6 Å². The minimum absolute atomic E-state index is 0.0302. The summed E-state index contributed by atoms with van der Waals surface area (Å²) < 4.78 is 0. The first kappa shape index (κ1) is 35.2. The van der Waals surface area contributed by atoms with E-state index in [0.717, 1.165) is 32.1 Å². The van der Waals surface area contributed by atoms with Gasteiger partial charge < -0.3 is 20.6 Å². The summed E-state index contributed by atoms with van der Waals surface area (Å²) in [5.74, 6) is 1.83. The lowest BCUT2D eigenvalue weighted by Gasteiger charge is -2.71. The van der Waals surface area contributed by atoms with E-state index in [2.05, 4.69) is 51.0 Å². The predicted molar refractivity (Wildman–Crippen MR) is 189 cm³/mol. The second-order valence-electron chi connectivity index (χ2n) is 16.4. The fourth-order valence-corrected chi connectivity index (χ4v) is 11.8. The second kappa shape index (κ2) is 13.1. The minimum Gasteiger partial charge on any atom is -0.478 e. The third kappa shape index (κ3) is 5.84. The number of carbonyl (C=O) groups excluding carboxylic acids is 2. The fraction of sp³-hybridized carbons (Fsp3) is 0.675. The van der Waals surface area contributed by atoms with Crippen LogP contribution in [0.3, 0.4) is 0 Å². The van der Waals surface area contributed by atoms with Crippen molar-refractivity contribution in [3.05, 3.63) is 54.1 Å². The molecule has 6 rings (SSSR count). The van der Waals surface area contributed by atoms with Crippen LogP contribution in [0.1, 0.15) is 115 Å². The van der Waals surface area contributed by atoms with E-state index in [4.69, 9.17) is 0 Å². The average molecular weight is 646 g/mol. The summed E-state index contributed by atoms with van der Waals surface area (Å²) in [6.45, 7) is 15.5. The van der Waals surface area contributed by atoms with Crippen LogP contribution in [-0.2, 0) is 4.79 Å². The molecule has 0 spiro atoms. The van der Waals surface area contributed by atoms with E-state index in [1.165, 1.54) is 48.1 Å². The van der Waals surface area contributed by atoms with Crippen molar-refractivity contribution in [3.63, 3.8) is 0 Å². The van der Waals surface area contributed by atoms with Crippen LogP contribution in [0.2, 0.25) is 0 Å². The van der Waals surface area contributed by atoms with E-state index in [1.807, 2.05) is 19.1 Å². The van der Waals surface area contributed by atoms with Gasteiger partial charge in [-0.3, -0.25) is 4.79 Å². The number of amides is 3. The molecule has 0 aromatic heterocycles. The highest BCUT2D eigenvalue weighted by molar-refractivity contribution is 5.88. The molecule has 5 aliphatic carbocycles. The number of likely N-dealkylation sites (N-methyl/N-ethyl adjacent to an activating group) is 1. The molecule has 3 amide bonds. The first-order valence-electron chi connectivity index (χ1n) is 18.0. The molecule has 47 heavy (non-hydrogen) atoms. The highest BCUT2D eigenvalue weighted by Crippen LogP contribution is 2.75. The van der Waals surface area contributed by atoms with Crippen LogP contribution in [0.15, 0.2) is 43.0 Å². The molecular weight excluding hydrogens is 586 g/mol. The topological polar surface area (TPSA) is 98.7 Å². The SMILES string of the molecule is C=CC.CC1C(c2ccc(C(=O)O)cc2)=CCC2(C)C1CCC1(C)C2CCC2C3CCCC3(NC(=O)NCC(=O)N(C)C)CC[C@]21C. The number of rotatable bonds is 5. The molecule has 0 radical (unpaired) electrons. The van der Waals surface area contributed by atoms with Crippen molar-refractivity contribution in [1.29, 1.82) is 0 Å². The van der Waals surface area contributed by atoms with Crippen LogP contribution in [0.5, 0.6) is 0 Å². The van der Waals surface area contributed by atoms with Gasteiger partial charge in [0.2, 0.25) is 5.91 Å². The minimum atomic E-state index is -0.876. The van der Waals surface area contributed by atoms with Crippen molar-refractivity contribution in [2.45, 2.75) is 104 Å². The van der Waals surface area contributed by atoms with E-state index in [-0.39, 0.29) is 40.3 Å². The number of carboxylic acid groups (broad SMARTS) is 1. The maximum absolute atomic E-state index is 13.1. The first-order valence-corrected chi connectivity index (χ1v) is 18.0. The van der Waals surface area contributed by atoms with Crippen molar-refractivity contribution < 1.29 is 19.5 Å². The van der Waals surface area contributed by atoms with Gasteiger partial charge >= 0.3 is 12.0 Å². The summed E-state index contributed by atoms with van der Waals surface area (Å²) >= 11 is 0. The Labute approximate surface area is 283 Å². The summed E-state index contributed by atoms with van der Waals surface area (Å²) in [5.41, 5.74) is 3.47. The van der Waals surface area contributed by atoms with Gasteiger partial charge in [-0.1, -0.05) is 58.4 Å². The lowest BCUT2D eigenvalue weighted by molar-refractivity contribution is -0.210. The van der Waals surface area contributed by atoms with Gasteiger partial charge in [0.05, 0.1) is 12.1 Å². The van der Waals surface area contributed by atoms with Crippen LogP contribution >= 0.6 is 0 Å². The summed E-state index contributed by atoms with van der Waals surface area (Å²) in [6.07, 6.45) is 15.8. The molecule has 258 valence electrons. The van der Waals surface area contributed by atoms with Gasteiger partial charge in [-0.2, -0.15) is 0 Å². The normalized spacial score (nSPS) is 38.4. The Morgan fingerprint density at radius 2 is 1.62 bits per heavy atom. The zero-order chi connectivity index (χ0) is 34.4. The van der Waals surface area contributed by atoms with E-state index >= 15 is 0 Å². The Balaban J connectivity index is 0.00000139. The maximum atomic E-state index is 13.1. The summed E-state index contributed by atoms with van der Waals surface area (Å²) in [7, 11) is 3.43. The molecule has 1 aromatic rings. The van der Waals surface area contributed by atoms with E-state index < -0.39 is 5.97 Å². The Bertz CT molecular complexity index is 1400. The zero-order valence-corrected chi connectivity index (χ0v) is 30.0. The number of nitrogens with one attached hydrogen (secondary N) is 2. The number of carbonyl (C=O) groups is 3. The number of urea groups is 1. The van der Waals surface area contributed by atoms with Gasteiger partial charge in [0, 0.05) is 19.6 Å². The van der Waals surface area contributed by atoms with Gasteiger partial charge in [-0.15, -0.1) is 6.58 Å². The number of benzene rings is 1. The van der Waals surface area contributed by atoms with Gasteiger partial charge in [-0.05, 0) is 134 Å². The Kier molecular flexibility index (Phi) is 9.80. The molecule has 0 heterocycles. The highest BCUT2D eigenvalue weighted by atomic mass is 16.4. The Hall–Kier alpha value is -3.09. The number of allylic oxidation sites excluding steroid dienone is 3. The van der Waals surface area contributed by atoms with Gasteiger partial charge in [-0.25, -0.2) is 9.59 Å². The molecule has 5 aliphatic rings. The predicted octanol–water partition coefficient (Wildman–Crippen LogP) is 8.18. The second-order valence-corrected chi connectivity index (χ2v) is 16.4. The van der Waals surface area contributed by atoms with Crippen LogP contribution in [-0.4, -0.2) is 54.1 Å². The lowest BCUT2D eigenvalue weighted by atomic mass is 9.34. The average Bonchev–Trinajstić information content (AvgIpc) is 3.44. The molecule has 1 aromatic carbocycles. The number of nitrogens with zero attached hydrogens (tertiary/aromatic N) is 1. The molecule has 3 N–H and O–H groups in total. The largest absolute Gasteiger partial charge is 0.478 e. The molecule has 8 unspecified atom stereocenters. The third-order valence-corrected chi connectivity index (χ3v) is 14.3. The monoisotopic (exact) mass is 645 g/mol. The maximum Gasteiger partial charge on any atom is 0.335 e. The molecule has 7 heteroatoms. The lowest BCUT2D eigenvalue weighted by Crippen LogP contribution is -2.67. The highest BCUT2D eigenvalue weighted by Gasteiger charge is 2.68. The standard InChI is InChI=1S/C37H53N3O4.C3H6/c1-23-26(24-9-11-25(12-10-24)32(42)43)15-18-34(2)27(23)16-19-36(4)30(34)14-13-28-29-8-7-17-37(29,21-20-35(28,36)3)39-33(44)38-22-31(41)40(5)6;1-3-2/h9-12,15,23,27-30H,7-8,13-14,16-22H2,1-6H3,(H,42,43)(H2,38,39,44);3H,1H2,2H3/t23?,27?,28?,29?,30?,34?,35-,36?,37?;/m1./s1. The Morgan fingerprint density at radius 1 is 0.936 bits per heavy atom. The molecule has 7 nitrogen and oxygen atoms in total. The number of hydrogen-bond acceptors (Lipinski definition) is 3. The molecule has 9 atom stereocenters. The zero-order valence-electron chi connectivity index (χ0n) is 30.0. The van der Waals surface area contributed by atoms with Gasteiger partial charge in [0.15, 0.2) is 0 Å². The van der Waals surface area contributed by atoms with Crippen molar-refractivity contribution in [2.24, 2.45) is 45.8 Å². The van der Waals surface area contributed by atoms with Crippen molar-refractivity contribution in [1.82, 2.24) is 15.5 Å². The van der Waals surface area contributed by atoms with E-state index in [1.54, 1.807) is 32.3 Å². The fourth-order valence-electron chi connectivity index (χ4n) is 11.8. The number of fused-ring (bicyclic) bond motifs is 7. The van der Waals surface area contributed by atoms with E-state index in [9.17, 15) is 19.5 Å². The summed E-state index contributed by atoms with van der Waals surface area (Å²) in [4.78, 5) is 38.1. The van der Waals surface area contributed by atoms with Crippen molar-refractivity contribution >= 4 is 23.5 Å². The number of hydrogen-bond donors (Lipinski definition) is 3. The number of carboxylic acids is 1. The third-order valence-electron chi connectivity index (χ3n) is 14.3.